The highest BCUT2D eigenvalue weighted by Gasteiger charge is 1.95. The van der Waals surface area contributed by atoms with Crippen molar-refractivity contribution in [3.63, 3.8) is 0 Å². The van der Waals surface area contributed by atoms with Crippen molar-refractivity contribution in [2.24, 2.45) is 0 Å². The summed E-state index contributed by atoms with van der Waals surface area (Å²) in [6, 6.07) is 0. The van der Waals surface area contributed by atoms with Gasteiger partial charge in [0, 0.05) is 4.58 Å². The molecule has 0 aliphatic heterocycles. The predicted molar refractivity (Wildman–Crippen MR) is 45.8 cm³/mol. The fourth-order valence-corrected chi connectivity index (χ4v) is 1.43. The van der Waals surface area contributed by atoms with Crippen LogP contribution in [0.2, 0.25) is 0 Å². The molecule has 0 spiro atoms. The average Bonchev–Trinajstić information content (AvgIpc) is 1.83. The fourth-order valence-electron chi connectivity index (χ4n) is 0.372. The summed E-state index contributed by atoms with van der Waals surface area (Å²) in [7, 11) is 0. The van der Waals surface area contributed by atoms with Crippen LogP contribution >= 0.6 is 24.4 Å². The Morgan fingerprint density at radius 2 is 2.12 bits per heavy atom. The third-order valence-corrected chi connectivity index (χ3v) is 3.04. The summed E-state index contributed by atoms with van der Waals surface area (Å²) in [6.07, 6.45) is 2.44. The minimum absolute atomic E-state index is 0.565. The lowest BCUT2D eigenvalue weighted by atomic mass is 10.6. The van der Waals surface area contributed by atoms with Crippen LogP contribution < -0.4 is 0 Å². The van der Waals surface area contributed by atoms with E-state index in [1.165, 1.54) is 18.6 Å². The first-order valence-electron chi connectivity index (χ1n) is 3.11. The molecule has 0 saturated heterocycles. The second-order valence-electron chi connectivity index (χ2n) is 1.73. The molecule has 0 aromatic carbocycles. The summed E-state index contributed by atoms with van der Waals surface area (Å²) < 4.78 is 0.565. The van der Waals surface area contributed by atoms with E-state index in [-0.39, 0.29) is 0 Å². The van der Waals surface area contributed by atoms with Crippen molar-refractivity contribution in [3.8, 4) is 0 Å². The van der Waals surface area contributed by atoms with E-state index < -0.39 is 0 Å². The standard InChI is InChI=1S/C6H14S2/c1-3-5-8-6(7)4-2/h6-7H,3-5H2,1-2H3. The van der Waals surface area contributed by atoms with Gasteiger partial charge in [-0.3, -0.25) is 0 Å². The van der Waals surface area contributed by atoms with Crippen molar-refractivity contribution in [1.82, 2.24) is 0 Å². The van der Waals surface area contributed by atoms with Crippen LogP contribution in [0.15, 0.2) is 0 Å². The van der Waals surface area contributed by atoms with Gasteiger partial charge in [0.25, 0.3) is 0 Å². The molecule has 0 bridgehead atoms. The predicted octanol–water partition coefficient (Wildman–Crippen LogP) is 2.80. The zero-order valence-corrected chi connectivity index (χ0v) is 7.27. The molecule has 8 heavy (non-hydrogen) atoms. The number of rotatable bonds is 4. The Morgan fingerprint density at radius 1 is 1.50 bits per heavy atom. The number of hydrogen-bond donors (Lipinski definition) is 1. The van der Waals surface area contributed by atoms with Gasteiger partial charge in [0.1, 0.15) is 0 Å². The van der Waals surface area contributed by atoms with Crippen LogP contribution in [0.5, 0.6) is 0 Å². The lowest BCUT2D eigenvalue weighted by Crippen LogP contribution is -1.89. The van der Waals surface area contributed by atoms with Crippen LogP contribution in [0.25, 0.3) is 0 Å². The highest BCUT2D eigenvalue weighted by molar-refractivity contribution is 8.10. The summed E-state index contributed by atoms with van der Waals surface area (Å²) in [6.45, 7) is 4.36. The van der Waals surface area contributed by atoms with Crippen molar-refractivity contribution >= 4 is 24.4 Å². The molecule has 1 unspecified atom stereocenters. The van der Waals surface area contributed by atoms with Crippen LogP contribution in [0.3, 0.4) is 0 Å². The number of hydrogen-bond acceptors (Lipinski definition) is 2. The maximum absolute atomic E-state index is 4.33. The average molecular weight is 150 g/mol. The maximum atomic E-state index is 4.33. The van der Waals surface area contributed by atoms with Gasteiger partial charge in [0.05, 0.1) is 0 Å². The van der Waals surface area contributed by atoms with Crippen LogP contribution in [0, 0.1) is 0 Å². The highest BCUT2D eigenvalue weighted by atomic mass is 32.2. The molecular formula is C6H14S2. The molecule has 0 aromatic rings. The Labute approximate surface area is 61.8 Å². The fraction of sp³-hybridized carbons (Fsp3) is 1.00. The van der Waals surface area contributed by atoms with Gasteiger partial charge >= 0.3 is 0 Å². The topological polar surface area (TPSA) is 0 Å². The first kappa shape index (κ1) is 8.70. The second kappa shape index (κ2) is 5.83. The minimum atomic E-state index is 0.565. The molecule has 0 aliphatic carbocycles. The van der Waals surface area contributed by atoms with E-state index in [0.717, 1.165) is 0 Å². The molecule has 0 heterocycles. The van der Waals surface area contributed by atoms with Crippen molar-refractivity contribution < 1.29 is 0 Å². The van der Waals surface area contributed by atoms with Crippen molar-refractivity contribution in [2.75, 3.05) is 5.75 Å². The van der Waals surface area contributed by atoms with Crippen molar-refractivity contribution in [1.29, 1.82) is 0 Å². The summed E-state index contributed by atoms with van der Waals surface area (Å²) in [5.74, 6) is 1.25. The van der Waals surface area contributed by atoms with E-state index >= 15 is 0 Å². The molecule has 0 fully saturated rings. The van der Waals surface area contributed by atoms with Crippen LogP contribution in [0.1, 0.15) is 26.7 Å². The quantitative estimate of drug-likeness (QED) is 0.475. The van der Waals surface area contributed by atoms with Gasteiger partial charge in [-0.05, 0) is 18.6 Å². The lowest BCUT2D eigenvalue weighted by Gasteiger charge is -2.03. The largest absolute Gasteiger partial charge is 0.165 e. The molecule has 0 amide bonds. The number of thiol groups is 1. The molecule has 0 radical (unpaired) electrons. The zero-order valence-electron chi connectivity index (χ0n) is 5.55. The van der Waals surface area contributed by atoms with E-state index in [2.05, 4.69) is 26.5 Å². The third-order valence-electron chi connectivity index (χ3n) is 0.864. The smallest absolute Gasteiger partial charge is 0.0469 e. The molecule has 0 rings (SSSR count). The molecule has 0 saturated carbocycles. The van der Waals surface area contributed by atoms with Crippen molar-refractivity contribution in [3.05, 3.63) is 0 Å². The van der Waals surface area contributed by atoms with Crippen molar-refractivity contribution in [2.45, 2.75) is 31.3 Å². The number of thioether (sulfide) groups is 1. The molecular weight excluding hydrogens is 136 g/mol. The SMILES string of the molecule is CCCSC(S)CC. The second-order valence-corrected chi connectivity index (χ2v) is 4.02. The van der Waals surface area contributed by atoms with Crippen LogP contribution in [-0.2, 0) is 0 Å². The van der Waals surface area contributed by atoms with Crippen LogP contribution in [-0.4, -0.2) is 10.3 Å². The monoisotopic (exact) mass is 150 g/mol. The first-order valence-corrected chi connectivity index (χ1v) is 4.67. The van der Waals surface area contributed by atoms with E-state index in [1.807, 2.05) is 11.8 Å². The Bertz CT molecular complexity index is 45.8. The summed E-state index contributed by atoms with van der Waals surface area (Å²) in [5, 5.41) is 0. The molecule has 50 valence electrons. The Balaban J connectivity index is 2.86. The van der Waals surface area contributed by atoms with Gasteiger partial charge in [0.15, 0.2) is 0 Å². The van der Waals surface area contributed by atoms with Gasteiger partial charge in [-0.2, -0.15) is 12.6 Å². The minimum Gasteiger partial charge on any atom is -0.165 e. The van der Waals surface area contributed by atoms with E-state index in [9.17, 15) is 0 Å². The van der Waals surface area contributed by atoms with E-state index in [0.29, 0.717) is 4.58 Å². The van der Waals surface area contributed by atoms with Gasteiger partial charge in [-0.25, -0.2) is 0 Å². The summed E-state index contributed by atoms with van der Waals surface area (Å²) in [5.41, 5.74) is 0. The Kier molecular flexibility index (Phi) is 6.34. The maximum Gasteiger partial charge on any atom is 0.0469 e. The van der Waals surface area contributed by atoms with Crippen LogP contribution in [0.4, 0.5) is 0 Å². The lowest BCUT2D eigenvalue weighted by molar-refractivity contribution is 1.04. The molecule has 0 nitrogen and oxygen atoms in total. The van der Waals surface area contributed by atoms with Gasteiger partial charge in [-0.1, -0.05) is 13.8 Å². The highest BCUT2D eigenvalue weighted by Crippen LogP contribution is 2.17. The Hall–Kier alpha value is 0.700. The zero-order chi connectivity index (χ0) is 6.41. The first-order chi connectivity index (χ1) is 3.81. The molecule has 2 heteroatoms. The summed E-state index contributed by atoms with van der Waals surface area (Å²) in [4.78, 5) is 0. The molecule has 1 atom stereocenters. The van der Waals surface area contributed by atoms with Gasteiger partial charge in [0.2, 0.25) is 0 Å². The van der Waals surface area contributed by atoms with Gasteiger partial charge < -0.3 is 0 Å². The van der Waals surface area contributed by atoms with E-state index in [1.54, 1.807) is 0 Å². The molecule has 0 N–H and O–H groups in total. The normalized spacial score (nSPS) is 13.9. The molecule has 0 aromatic heterocycles. The summed E-state index contributed by atoms with van der Waals surface area (Å²) >= 11 is 6.27. The van der Waals surface area contributed by atoms with Gasteiger partial charge in [-0.15, -0.1) is 11.8 Å². The molecule has 0 aliphatic rings. The Morgan fingerprint density at radius 3 is 2.50 bits per heavy atom. The third kappa shape index (κ3) is 4.85. The van der Waals surface area contributed by atoms with E-state index in [4.69, 9.17) is 0 Å².